The molecule has 0 aliphatic heterocycles. The Kier molecular flexibility index (Phi) is 3.96. The number of rotatable bonds is 2. The Morgan fingerprint density at radius 2 is 1.67 bits per heavy atom. The average molecular weight is 280 g/mol. The first-order valence-corrected chi connectivity index (χ1v) is 6.52. The monoisotopic (exact) mass is 279 g/mol. The van der Waals surface area contributed by atoms with Gasteiger partial charge in [0.15, 0.2) is 0 Å². The molecule has 2 aromatic rings. The number of hydrogen-bond donors (Lipinski definition) is 1. The molecule has 2 aromatic carbocycles. The van der Waals surface area contributed by atoms with Crippen LogP contribution in [0.15, 0.2) is 36.4 Å². The largest absolute Gasteiger partial charge is 0.320 e. The summed E-state index contributed by atoms with van der Waals surface area (Å²) in [7, 11) is 0. The van der Waals surface area contributed by atoms with Gasteiger partial charge in [-0.25, -0.2) is 0 Å². The third-order valence-corrected chi connectivity index (χ3v) is 3.76. The molecule has 0 spiro atoms. The molecule has 18 heavy (non-hydrogen) atoms. The molecule has 0 amide bonds. The summed E-state index contributed by atoms with van der Waals surface area (Å²) in [4.78, 5) is 0. The number of hydrogen-bond acceptors (Lipinski definition) is 1. The zero-order valence-corrected chi connectivity index (χ0v) is 11.9. The van der Waals surface area contributed by atoms with Crippen LogP contribution in [0, 0.1) is 13.8 Å². The van der Waals surface area contributed by atoms with E-state index in [-0.39, 0.29) is 6.04 Å². The summed E-state index contributed by atoms with van der Waals surface area (Å²) in [6.07, 6.45) is 0. The van der Waals surface area contributed by atoms with Gasteiger partial charge in [-0.1, -0.05) is 41.4 Å². The van der Waals surface area contributed by atoms with Crippen molar-refractivity contribution < 1.29 is 0 Å². The molecular formula is C15H15Cl2N. The Hall–Kier alpha value is -1.02. The van der Waals surface area contributed by atoms with Gasteiger partial charge in [-0.3, -0.25) is 0 Å². The van der Waals surface area contributed by atoms with Crippen molar-refractivity contribution in [2.24, 2.45) is 5.73 Å². The molecule has 0 aliphatic rings. The van der Waals surface area contributed by atoms with E-state index < -0.39 is 0 Å². The predicted octanol–water partition coefficient (Wildman–Crippen LogP) is 4.66. The van der Waals surface area contributed by atoms with E-state index in [1.165, 1.54) is 0 Å². The topological polar surface area (TPSA) is 26.0 Å². The highest BCUT2D eigenvalue weighted by Gasteiger charge is 2.12. The van der Waals surface area contributed by atoms with Crippen LogP contribution in [0.1, 0.15) is 28.3 Å². The fourth-order valence-corrected chi connectivity index (χ4v) is 2.39. The molecule has 0 saturated heterocycles. The Labute approximate surface area is 118 Å². The second kappa shape index (κ2) is 5.31. The zero-order valence-electron chi connectivity index (χ0n) is 10.4. The van der Waals surface area contributed by atoms with Crippen LogP contribution in [-0.4, -0.2) is 0 Å². The van der Waals surface area contributed by atoms with Gasteiger partial charge in [0, 0.05) is 10.0 Å². The third-order valence-electron chi connectivity index (χ3n) is 3.12. The van der Waals surface area contributed by atoms with Crippen LogP contribution in [0.2, 0.25) is 10.0 Å². The van der Waals surface area contributed by atoms with Crippen molar-refractivity contribution in [1.29, 1.82) is 0 Å². The molecule has 2 rings (SSSR count). The molecule has 1 unspecified atom stereocenters. The molecule has 0 radical (unpaired) electrons. The van der Waals surface area contributed by atoms with E-state index in [0.717, 1.165) is 32.3 Å². The first kappa shape index (κ1) is 13.4. The molecule has 1 atom stereocenters. The van der Waals surface area contributed by atoms with Crippen molar-refractivity contribution in [2.45, 2.75) is 19.9 Å². The standard InChI is InChI=1S/C15H15Cl2N/c1-9-3-4-11(8-14(9)17)15(18)13-6-5-12(16)7-10(13)2/h3-8,15H,18H2,1-2H3. The highest BCUT2D eigenvalue weighted by atomic mass is 35.5. The third kappa shape index (κ3) is 2.69. The lowest BCUT2D eigenvalue weighted by Crippen LogP contribution is -2.13. The van der Waals surface area contributed by atoms with Crippen molar-refractivity contribution >= 4 is 23.2 Å². The van der Waals surface area contributed by atoms with Gasteiger partial charge in [0.2, 0.25) is 0 Å². The molecule has 1 nitrogen and oxygen atoms in total. The maximum absolute atomic E-state index is 6.28. The predicted molar refractivity (Wildman–Crippen MR) is 78.4 cm³/mol. The van der Waals surface area contributed by atoms with Crippen LogP contribution in [0.5, 0.6) is 0 Å². The maximum atomic E-state index is 6.28. The molecule has 0 bridgehead atoms. The van der Waals surface area contributed by atoms with E-state index in [1.807, 2.05) is 50.2 Å². The molecule has 3 heteroatoms. The molecule has 0 fully saturated rings. The number of aryl methyl sites for hydroxylation is 2. The summed E-state index contributed by atoms with van der Waals surface area (Å²) in [5.74, 6) is 0. The van der Waals surface area contributed by atoms with E-state index in [9.17, 15) is 0 Å². The van der Waals surface area contributed by atoms with Crippen LogP contribution < -0.4 is 5.73 Å². The van der Waals surface area contributed by atoms with Crippen LogP contribution in [0.4, 0.5) is 0 Å². The molecule has 0 heterocycles. The first-order valence-electron chi connectivity index (χ1n) is 5.76. The minimum absolute atomic E-state index is 0.180. The fourth-order valence-electron chi connectivity index (χ4n) is 1.97. The van der Waals surface area contributed by atoms with E-state index in [4.69, 9.17) is 28.9 Å². The summed E-state index contributed by atoms with van der Waals surface area (Å²) >= 11 is 12.1. The zero-order chi connectivity index (χ0) is 13.3. The van der Waals surface area contributed by atoms with E-state index >= 15 is 0 Å². The van der Waals surface area contributed by atoms with Crippen LogP contribution in [-0.2, 0) is 0 Å². The van der Waals surface area contributed by atoms with Crippen molar-refractivity contribution in [3.05, 3.63) is 68.7 Å². The number of benzene rings is 2. The molecule has 2 N–H and O–H groups in total. The quantitative estimate of drug-likeness (QED) is 0.850. The molecular weight excluding hydrogens is 265 g/mol. The SMILES string of the molecule is Cc1ccc(C(N)c2ccc(Cl)cc2C)cc1Cl. The van der Waals surface area contributed by atoms with Gasteiger partial charge in [0.05, 0.1) is 6.04 Å². The molecule has 94 valence electrons. The van der Waals surface area contributed by atoms with Crippen LogP contribution >= 0.6 is 23.2 Å². The highest BCUT2D eigenvalue weighted by molar-refractivity contribution is 6.31. The van der Waals surface area contributed by atoms with Gasteiger partial charge in [0.25, 0.3) is 0 Å². The highest BCUT2D eigenvalue weighted by Crippen LogP contribution is 2.27. The minimum atomic E-state index is -0.180. The van der Waals surface area contributed by atoms with E-state index in [2.05, 4.69) is 0 Å². The van der Waals surface area contributed by atoms with Crippen molar-refractivity contribution in [2.75, 3.05) is 0 Å². The maximum Gasteiger partial charge on any atom is 0.0554 e. The second-order valence-corrected chi connectivity index (χ2v) is 5.33. The first-order chi connectivity index (χ1) is 8.49. The molecule has 0 saturated carbocycles. The van der Waals surface area contributed by atoms with Crippen LogP contribution in [0.25, 0.3) is 0 Å². The van der Waals surface area contributed by atoms with Gasteiger partial charge in [-0.15, -0.1) is 0 Å². The van der Waals surface area contributed by atoms with Gasteiger partial charge in [0.1, 0.15) is 0 Å². The number of halogens is 2. The summed E-state index contributed by atoms with van der Waals surface area (Å²) in [5, 5.41) is 1.47. The summed E-state index contributed by atoms with van der Waals surface area (Å²) in [6.45, 7) is 3.99. The fraction of sp³-hybridized carbons (Fsp3) is 0.200. The lowest BCUT2D eigenvalue weighted by Gasteiger charge is -2.16. The van der Waals surface area contributed by atoms with Crippen molar-refractivity contribution in [3.63, 3.8) is 0 Å². The van der Waals surface area contributed by atoms with Crippen molar-refractivity contribution in [1.82, 2.24) is 0 Å². The summed E-state index contributed by atoms with van der Waals surface area (Å²) in [6, 6.07) is 11.5. The molecule has 0 aromatic heterocycles. The lowest BCUT2D eigenvalue weighted by molar-refractivity contribution is 0.861. The smallest absolute Gasteiger partial charge is 0.0554 e. The Bertz CT molecular complexity index is 579. The van der Waals surface area contributed by atoms with Gasteiger partial charge < -0.3 is 5.73 Å². The molecule has 0 aliphatic carbocycles. The Morgan fingerprint density at radius 3 is 2.28 bits per heavy atom. The Balaban J connectivity index is 2.41. The lowest BCUT2D eigenvalue weighted by atomic mass is 9.95. The summed E-state index contributed by atoms with van der Waals surface area (Å²) in [5.41, 5.74) is 10.5. The van der Waals surface area contributed by atoms with Gasteiger partial charge >= 0.3 is 0 Å². The Morgan fingerprint density at radius 1 is 0.944 bits per heavy atom. The normalized spacial score (nSPS) is 12.5. The average Bonchev–Trinajstić information content (AvgIpc) is 2.32. The van der Waals surface area contributed by atoms with E-state index in [1.54, 1.807) is 0 Å². The van der Waals surface area contributed by atoms with Crippen molar-refractivity contribution in [3.8, 4) is 0 Å². The van der Waals surface area contributed by atoms with Gasteiger partial charge in [-0.05, 0) is 54.3 Å². The van der Waals surface area contributed by atoms with E-state index in [0.29, 0.717) is 0 Å². The number of nitrogens with two attached hydrogens (primary N) is 1. The van der Waals surface area contributed by atoms with Crippen LogP contribution in [0.3, 0.4) is 0 Å². The second-order valence-electron chi connectivity index (χ2n) is 4.49. The minimum Gasteiger partial charge on any atom is -0.320 e. The summed E-state index contributed by atoms with van der Waals surface area (Å²) < 4.78 is 0. The van der Waals surface area contributed by atoms with Gasteiger partial charge in [-0.2, -0.15) is 0 Å².